The summed E-state index contributed by atoms with van der Waals surface area (Å²) in [6.45, 7) is 2.05. The van der Waals surface area contributed by atoms with Crippen LogP contribution in [0.15, 0.2) is 48.5 Å². The Hall–Kier alpha value is -2.20. The summed E-state index contributed by atoms with van der Waals surface area (Å²) in [6.07, 6.45) is 0.864. The van der Waals surface area contributed by atoms with Gasteiger partial charge in [0, 0.05) is 16.8 Å². The minimum Gasteiger partial charge on any atom is -0.389 e. The first-order valence-corrected chi connectivity index (χ1v) is 6.81. The smallest absolute Gasteiger partial charge is 0.255 e. The van der Waals surface area contributed by atoms with Gasteiger partial charge in [-0.1, -0.05) is 49.5 Å². The van der Waals surface area contributed by atoms with Crippen molar-refractivity contribution in [2.45, 2.75) is 13.3 Å². The van der Waals surface area contributed by atoms with Crippen LogP contribution in [0.25, 0.3) is 0 Å². The van der Waals surface area contributed by atoms with E-state index in [1.165, 1.54) is 0 Å². The van der Waals surface area contributed by atoms with E-state index in [1.54, 1.807) is 24.3 Å². The maximum atomic E-state index is 12.3. The van der Waals surface area contributed by atoms with Gasteiger partial charge in [-0.2, -0.15) is 0 Å². The molecule has 0 bridgehead atoms. The number of thiocarbonyl (C=S) groups is 1. The van der Waals surface area contributed by atoms with Crippen LogP contribution in [0.5, 0.6) is 0 Å². The number of hydrogen-bond acceptors (Lipinski definition) is 2. The van der Waals surface area contributed by atoms with Crippen molar-refractivity contribution >= 4 is 28.8 Å². The number of nitrogens with one attached hydrogen (secondary N) is 1. The van der Waals surface area contributed by atoms with E-state index in [-0.39, 0.29) is 10.9 Å². The van der Waals surface area contributed by atoms with Gasteiger partial charge in [0.15, 0.2) is 0 Å². The largest absolute Gasteiger partial charge is 0.389 e. The van der Waals surface area contributed by atoms with Crippen LogP contribution >= 0.6 is 12.2 Å². The minimum atomic E-state index is -0.163. The number of amides is 1. The molecule has 0 saturated carbocycles. The van der Waals surface area contributed by atoms with Gasteiger partial charge in [-0.15, -0.1) is 0 Å². The van der Waals surface area contributed by atoms with E-state index in [0.29, 0.717) is 11.1 Å². The molecule has 0 fully saturated rings. The summed E-state index contributed by atoms with van der Waals surface area (Å²) in [6, 6.07) is 14.8. The molecule has 0 aliphatic heterocycles. The van der Waals surface area contributed by atoms with Crippen LogP contribution in [0.3, 0.4) is 0 Å². The second-order valence-electron chi connectivity index (χ2n) is 4.41. The van der Waals surface area contributed by atoms with E-state index in [9.17, 15) is 4.79 Å². The van der Waals surface area contributed by atoms with Gasteiger partial charge in [0.25, 0.3) is 5.91 Å². The molecule has 0 spiro atoms. The Morgan fingerprint density at radius 2 is 1.85 bits per heavy atom. The molecule has 3 N–H and O–H groups in total. The molecule has 2 aromatic rings. The molecule has 3 nitrogen and oxygen atoms in total. The first-order chi connectivity index (χ1) is 9.61. The maximum Gasteiger partial charge on any atom is 0.255 e. The fraction of sp³-hybridized carbons (Fsp3) is 0.125. The van der Waals surface area contributed by atoms with Gasteiger partial charge in [0.2, 0.25) is 0 Å². The molecule has 0 atom stereocenters. The molecule has 1 amide bonds. The summed E-state index contributed by atoms with van der Waals surface area (Å²) < 4.78 is 0. The van der Waals surface area contributed by atoms with Crippen molar-refractivity contribution in [2.75, 3.05) is 5.32 Å². The Labute approximate surface area is 123 Å². The summed E-state index contributed by atoms with van der Waals surface area (Å²) in [5.41, 5.74) is 8.75. The van der Waals surface area contributed by atoms with Gasteiger partial charge in [-0.25, -0.2) is 0 Å². The molecule has 20 heavy (non-hydrogen) atoms. The fourth-order valence-corrected chi connectivity index (χ4v) is 2.09. The molecule has 102 valence electrons. The average Bonchev–Trinajstić information content (AvgIpc) is 2.48. The van der Waals surface area contributed by atoms with Crippen LogP contribution in [-0.4, -0.2) is 10.9 Å². The molecular weight excluding hydrogens is 268 g/mol. The molecule has 0 aromatic heterocycles. The number of aryl methyl sites for hydroxylation is 1. The predicted molar refractivity (Wildman–Crippen MR) is 86.1 cm³/mol. The van der Waals surface area contributed by atoms with E-state index in [0.717, 1.165) is 17.7 Å². The lowest BCUT2D eigenvalue weighted by Gasteiger charge is -2.10. The molecule has 0 saturated heterocycles. The van der Waals surface area contributed by atoms with Crippen molar-refractivity contribution in [2.24, 2.45) is 5.73 Å². The van der Waals surface area contributed by atoms with E-state index in [1.807, 2.05) is 24.3 Å². The zero-order valence-electron chi connectivity index (χ0n) is 11.2. The number of carbonyl (C=O) groups excluding carboxylic acids is 1. The molecule has 2 rings (SSSR count). The number of carbonyl (C=O) groups is 1. The van der Waals surface area contributed by atoms with Crippen molar-refractivity contribution in [1.29, 1.82) is 0 Å². The first-order valence-electron chi connectivity index (χ1n) is 6.41. The molecule has 2 aromatic carbocycles. The van der Waals surface area contributed by atoms with E-state index >= 15 is 0 Å². The van der Waals surface area contributed by atoms with Gasteiger partial charge in [-0.3, -0.25) is 4.79 Å². The lowest BCUT2D eigenvalue weighted by molar-refractivity contribution is 0.102. The van der Waals surface area contributed by atoms with Crippen LogP contribution in [0, 0.1) is 0 Å². The third-order valence-electron chi connectivity index (χ3n) is 3.06. The monoisotopic (exact) mass is 284 g/mol. The van der Waals surface area contributed by atoms with Crippen molar-refractivity contribution in [1.82, 2.24) is 0 Å². The highest BCUT2D eigenvalue weighted by Crippen LogP contribution is 2.17. The van der Waals surface area contributed by atoms with Gasteiger partial charge in [0.1, 0.15) is 4.99 Å². The Kier molecular flexibility index (Phi) is 4.48. The van der Waals surface area contributed by atoms with Gasteiger partial charge >= 0.3 is 0 Å². The Morgan fingerprint density at radius 3 is 2.55 bits per heavy atom. The number of hydrogen-bond donors (Lipinski definition) is 2. The van der Waals surface area contributed by atoms with Gasteiger partial charge in [-0.05, 0) is 30.2 Å². The maximum absolute atomic E-state index is 12.3. The molecule has 0 aliphatic rings. The SMILES string of the molecule is CCc1ccccc1NC(=O)c1cccc(C(N)=S)c1. The molecule has 0 heterocycles. The number of para-hydroxylation sites is 1. The molecular formula is C16H16N2OS. The molecule has 0 unspecified atom stereocenters. The Morgan fingerprint density at radius 1 is 1.15 bits per heavy atom. The summed E-state index contributed by atoms with van der Waals surface area (Å²) in [5, 5.41) is 2.92. The number of anilines is 1. The fourth-order valence-electron chi connectivity index (χ4n) is 1.96. The topological polar surface area (TPSA) is 55.1 Å². The van der Waals surface area contributed by atoms with E-state index < -0.39 is 0 Å². The molecule has 0 radical (unpaired) electrons. The third kappa shape index (κ3) is 3.22. The van der Waals surface area contributed by atoms with E-state index in [2.05, 4.69) is 12.2 Å². The standard InChI is InChI=1S/C16H16N2OS/c1-2-11-6-3-4-9-14(11)18-16(19)13-8-5-7-12(10-13)15(17)20/h3-10H,2H2,1H3,(H2,17,20)(H,18,19). The van der Waals surface area contributed by atoms with E-state index in [4.69, 9.17) is 18.0 Å². The number of benzene rings is 2. The number of rotatable bonds is 4. The second kappa shape index (κ2) is 6.30. The highest BCUT2D eigenvalue weighted by Gasteiger charge is 2.09. The van der Waals surface area contributed by atoms with Crippen molar-refractivity contribution in [3.8, 4) is 0 Å². The minimum absolute atomic E-state index is 0.163. The lowest BCUT2D eigenvalue weighted by atomic mass is 10.1. The highest BCUT2D eigenvalue weighted by molar-refractivity contribution is 7.80. The highest BCUT2D eigenvalue weighted by atomic mass is 32.1. The van der Waals surface area contributed by atoms with Crippen molar-refractivity contribution in [3.05, 3.63) is 65.2 Å². The Bertz CT molecular complexity index is 652. The van der Waals surface area contributed by atoms with Crippen LogP contribution in [0.2, 0.25) is 0 Å². The van der Waals surface area contributed by atoms with Crippen molar-refractivity contribution < 1.29 is 4.79 Å². The van der Waals surface area contributed by atoms with Crippen LogP contribution < -0.4 is 11.1 Å². The quantitative estimate of drug-likeness (QED) is 0.848. The summed E-state index contributed by atoms with van der Waals surface area (Å²) >= 11 is 4.92. The summed E-state index contributed by atoms with van der Waals surface area (Å²) in [4.78, 5) is 12.5. The summed E-state index contributed by atoms with van der Waals surface area (Å²) in [7, 11) is 0. The predicted octanol–water partition coefficient (Wildman–Crippen LogP) is 3.14. The van der Waals surface area contributed by atoms with Crippen LogP contribution in [-0.2, 0) is 6.42 Å². The van der Waals surface area contributed by atoms with Gasteiger partial charge in [0.05, 0.1) is 0 Å². The first kappa shape index (κ1) is 14.2. The number of nitrogens with two attached hydrogens (primary N) is 1. The zero-order chi connectivity index (χ0) is 14.5. The van der Waals surface area contributed by atoms with Crippen LogP contribution in [0.1, 0.15) is 28.4 Å². The normalized spacial score (nSPS) is 10.1. The lowest BCUT2D eigenvalue weighted by Crippen LogP contribution is -2.15. The van der Waals surface area contributed by atoms with Gasteiger partial charge < -0.3 is 11.1 Å². The summed E-state index contributed by atoms with van der Waals surface area (Å²) in [5.74, 6) is -0.163. The van der Waals surface area contributed by atoms with Crippen molar-refractivity contribution in [3.63, 3.8) is 0 Å². The zero-order valence-corrected chi connectivity index (χ0v) is 12.0. The Balaban J connectivity index is 2.24. The third-order valence-corrected chi connectivity index (χ3v) is 3.29. The second-order valence-corrected chi connectivity index (χ2v) is 4.85. The molecule has 0 aliphatic carbocycles. The van der Waals surface area contributed by atoms with Crippen LogP contribution in [0.4, 0.5) is 5.69 Å². The average molecular weight is 284 g/mol. The molecule has 4 heteroatoms.